The number of nitrogens with two attached hydrogens (primary N) is 1. The van der Waals surface area contributed by atoms with Gasteiger partial charge in [0.05, 0.1) is 0 Å². The molecule has 2 nitrogen and oxygen atoms in total. The standard InChI is InChI=1S/C16H22N2S/c1-3-4-7-10-18(2)12-14-13-8-5-6-9-15(13)19-16(14)11-17/h3,5-6,8-9H,1,4,7,10-12,17H2,2H3. The zero-order valence-corrected chi connectivity index (χ0v) is 12.4. The fourth-order valence-corrected chi connectivity index (χ4v) is 3.44. The minimum Gasteiger partial charge on any atom is -0.326 e. The van der Waals surface area contributed by atoms with Crippen molar-refractivity contribution in [3.05, 3.63) is 47.4 Å². The van der Waals surface area contributed by atoms with Gasteiger partial charge in [-0.15, -0.1) is 17.9 Å². The number of hydrogen-bond donors (Lipinski definition) is 1. The average molecular weight is 274 g/mol. The summed E-state index contributed by atoms with van der Waals surface area (Å²) in [6, 6.07) is 8.59. The second-order valence-electron chi connectivity index (χ2n) is 4.87. The summed E-state index contributed by atoms with van der Waals surface area (Å²) in [7, 11) is 2.18. The molecule has 1 aromatic carbocycles. The minimum atomic E-state index is 0.634. The van der Waals surface area contributed by atoms with Gasteiger partial charge >= 0.3 is 0 Å². The molecule has 1 aromatic heterocycles. The Kier molecular flexibility index (Phi) is 5.14. The van der Waals surface area contributed by atoms with Gasteiger partial charge in [0.1, 0.15) is 0 Å². The lowest BCUT2D eigenvalue weighted by molar-refractivity contribution is 0.324. The zero-order valence-electron chi connectivity index (χ0n) is 11.6. The van der Waals surface area contributed by atoms with Crippen LogP contribution in [0.4, 0.5) is 0 Å². The summed E-state index contributed by atoms with van der Waals surface area (Å²) in [5, 5.41) is 1.36. The Morgan fingerprint density at radius 2 is 2.16 bits per heavy atom. The molecule has 19 heavy (non-hydrogen) atoms. The highest BCUT2D eigenvalue weighted by Crippen LogP contribution is 2.31. The van der Waals surface area contributed by atoms with Crippen LogP contribution in [-0.2, 0) is 13.1 Å². The number of benzene rings is 1. The van der Waals surface area contributed by atoms with Gasteiger partial charge in [0.25, 0.3) is 0 Å². The second kappa shape index (κ2) is 6.85. The van der Waals surface area contributed by atoms with Crippen LogP contribution in [0.3, 0.4) is 0 Å². The summed E-state index contributed by atoms with van der Waals surface area (Å²) in [6.45, 7) is 6.48. The molecule has 2 N–H and O–H groups in total. The second-order valence-corrected chi connectivity index (χ2v) is 6.01. The molecule has 2 rings (SSSR count). The van der Waals surface area contributed by atoms with Crippen LogP contribution in [0.5, 0.6) is 0 Å². The highest BCUT2D eigenvalue weighted by atomic mass is 32.1. The van der Waals surface area contributed by atoms with Crippen LogP contribution in [0.25, 0.3) is 10.1 Å². The Morgan fingerprint density at radius 3 is 2.89 bits per heavy atom. The third-order valence-corrected chi connectivity index (χ3v) is 4.58. The molecule has 0 aliphatic rings. The Hall–Kier alpha value is -1.16. The molecule has 0 saturated heterocycles. The normalized spacial score (nSPS) is 11.3. The van der Waals surface area contributed by atoms with Crippen molar-refractivity contribution in [2.45, 2.75) is 25.9 Å². The van der Waals surface area contributed by atoms with Gasteiger partial charge in [0.15, 0.2) is 0 Å². The molecule has 0 amide bonds. The highest BCUT2D eigenvalue weighted by molar-refractivity contribution is 7.19. The summed E-state index contributed by atoms with van der Waals surface area (Å²) in [5.74, 6) is 0. The van der Waals surface area contributed by atoms with E-state index in [2.05, 4.69) is 42.8 Å². The summed E-state index contributed by atoms with van der Waals surface area (Å²) in [5.41, 5.74) is 7.30. The molecule has 0 spiro atoms. The first-order valence-corrected chi connectivity index (χ1v) is 7.56. The van der Waals surface area contributed by atoms with Gasteiger partial charge in [-0.25, -0.2) is 0 Å². The number of hydrogen-bond acceptors (Lipinski definition) is 3. The van der Waals surface area contributed by atoms with Gasteiger partial charge in [0, 0.05) is 22.7 Å². The van der Waals surface area contributed by atoms with Gasteiger partial charge in [-0.3, -0.25) is 0 Å². The molecule has 0 fully saturated rings. The first-order chi connectivity index (χ1) is 9.26. The fraction of sp³-hybridized carbons (Fsp3) is 0.375. The summed E-state index contributed by atoms with van der Waals surface area (Å²) in [6.07, 6.45) is 4.23. The zero-order chi connectivity index (χ0) is 13.7. The van der Waals surface area contributed by atoms with E-state index in [0.717, 1.165) is 19.5 Å². The van der Waals surface area contributed by atoms with Gasteiger partial charge in [0.2, 0.25) is 0 Å². The summed E-state index contributed by atoms with van der Waals surface area (Å²) in [4.78, 5) is 3.69. The molecule has 0 aliphatic carbocycles. The van der Waals surface area contributed by atoms with E-state index in [9.17, 15) is 0 Å². The predicted octanol–water partition coefficient (Wildman–Crippen LogP) is 3.76. The van der Waals surface area contributed by atoms with E-state index in [4.69, 9.17) is 5.73 Å². The molecule has 1 heterocycles. The lowest BCUT2D eigenvalue weighted by atomic mass is 10.1. The van der Waals surface area contributed by atoms with Gasteiger partial charge < -0.3 is 10.6 Å². The van der Waals surface area contributed by atoms with E-state index in [0.29, 0.717) is 6.54 Å². The largest absolute Gasteiger partial charge is 0.326 e. The van der Waals surface area contributed by atoms with Crippen molar-refractivity contribution in [2.75, 3.05) is 13.6 Å². The maximum absolute atomic E-state index is 5.89. The number of rotatable bonds is 7. The van der Waals surface area contributed by atoms with Crippen LogP contribution in [-0.4, -0.2) is 18.5 Å². The van der Waals surface area contributed by atoms with Crippen molar-refractivity contribution >= 4 is 21.4 Å². The number of fused-ring (bicyclic) bond motifs is 1. The molecule has 3 heteroatoms. The van der Waals surface area contributed by atoms with Crippen molar-refractivity contribution in [3.8, 4) is 0 Å². The lowest BCUT2D eigenvalue weighted by Crippen LogP contribution is -2.19. The van der Waals surface area contributed by atoms with Crippen LogP contribution < -0.4 is 5.73 Å². The Morgan fingerprint density at radius 1 is 1.37 bits per heavy atom. The average Bonchev–Trinajstić information content (AvgIpc) is 2.77. The molecule has 0 saturated carbocycles. The molecule has 0 radical (unpaired) electrons. The first kappa shape index (κ1) is 14.3. The van der Waals surface area contributed by atoms with Crippen molar-refractivity contribution in [1.29, 1.82) is 0 Å². The predicted molar refractivity (Wildman–Crippen MR) is 85.5 cm³/mol. The van der Waals surface area contributed by atoms with Crippen molar-refractivity contribution in [2.24, 2.45) is 5.73 Å². The molecule has 102 valence electrons. The number of nitrogens with zero attached hydrogens (tertiary/aromatic N) is 1. The summed E-state index contributed by atoms with van der Waals surface area (Å²) >= 11 is 1.83. The third kappa shape index (κ3) is 3.44. The fourth-order valence-electron chi connectivity index (χ4n) is 2.34. The third-order valence-electron chi connectivity index (χ3n) is 3.34. The topological polar surface area (TPSA) is 29.3 Å². The van der Waals surface area contributed by atoms with Gasteiger partial charge in [-0.05, 0) is 43.5 Å². The van der Waals surface area contributed by atoms with Crippen molar-refractivity contribution in [1.82, 2.24) is 4.90 Å². The highest BCUT2D eigenvalue weighted by Gasteiger charge is 2.12. The number of allylic oxidation sites excluding steroid dienone is 1. The van der Waals surface area contributed by atoms with Crippen LogP contribution in [0.15, 0.2) is 36.9 Å². The quantitative estimate of drug-likeness (QED) is 0.615. The molecule has 0 aliphatic heterocycles. The van der Waals surface area contributed by atoms with Crippen LogP contribution in [0.1, 0.15) is 23.3 Å². The smallest absolute Gasteiger partial charge is 0.0349 e. The Labute approximate surface area is 119 Å². The molecular weight excluding hydrogens is 252 g/mol. The van der Waals surface area contributed by atoms with E-state index in [1.807, 2.05) is 17.4 Å². The van der Waals surface area contributed by atoms with E-state index >= 15 is 0 Å². The summed E-state index contributed by atoms with van der Waals surface area (Å²) < 4.78 is 1.34. The SMILES string of the molecule is C=CCCCN(C)Cc1c(CN)sc2ccccc12. The van der Waals surface area contributed by atoms with Gasteiger partial charge in [-0.1, -0.05) is 24.3 Å². The van der Waals surface area contributed by atoms with Gasteiger partial charge in [-0.2, -0.15) is 0 Å². The number of unbranched alkanes of at least 4 members (excludes halogenated alkanes) is 1. The molecule has 0 atom stereocenters. The van der Waals surface area contributed by atoms with Crippen molar-refractivity contribution < 1.29 is 0 Å². The van der Waals surface area contributed by atoms with E-state index in [-0.39, 0.29) is 0 Å². The Bertz CT molecular complexity index is 545. The molecular formula is C16H22N2S. The van der Waals surface area contributed by atoms with Crippen LogP contribution in [0.2, 0.25) is 0 Å². The lowest BCUT2D eigenvalue weighted by Gasteiger charge is -2.16. The van der Waals surface area contributed by atoms with E-state index in [1.165, 1.54) is 26.9 Å². The maximum Gasteiger partial charge on any atom is 0.0349 e. The van der Waals surface area contributed by atoms with E-state index in [1.54, 1.807) is 0 Å². The minimum absolute atomic E-state index is 0.634. The van der Waals surface area contributed by atoms with Crippen LogP contribution in [0, 0.1) is 0 Å². The van der Waals surface area contributed by atoms with Crippen molar-refractivity contribution in [3.63, 3.8) is 0 Å². The Balaban J connectivity index is 2.16. The van der Waals surface area contributed by atoms with E-state index < -0.39 is 0 Å². The number of thiophene rings is 1. The molecule has 0 bridgehead atoms. The first-order valence-electron chi connectivity index (χ1n) is 6.75. The monoisotopic (exact) mass is 274 g/mol. The van der Waals surface area contributed by atoms with Crippen LogP contribution >= 0.6 is 11.3 Å². The maximum atomic E-state index is 5.89. The molecule has 2 aromatic rings. The molecule has 0 unspecified atom stereocenters.